The quantitative estimate of drug-likeness (QED) is 0.0205. The van der Waals surface area contributed by atoms with Gasteiger partial charge in [0.05, 0.1) is 6.10 Å². The summed E-state index contributed by atoms with van der Waals surface area (Å²) in [7, 11) is -0.849. The molecule has 12 nitrogen and oxygen atoms in total. The first-order valence-corrected chi connectivity index (χ1v) is 26.3. The number of nitrogens with zero attached hydrogens (tertiary/aromatic N) is 1. The molecule has 2 aromatic rings. The molecule has 0 saturated carbocycles. The number of rotatable bonds is 24. The lowest BCUT2D eigenvalue weighted by Crippen LogP contribution is -2.54. The number of esters is 3. The van der Waals surface area contributed by atoms with Crippen LogP contribution in [0.2, 0.25) is 18.1 Å². The van der Waals surface area contributed by atoms with Gasteiger partial charge in [-0.25, -0.2) is 19.2 Å². The Morgan fingerprint density at radius 1 is 0.909 bits per heavy atom. The summed E-state index contributed by atoms with van der Waals surface area (Å²) in [4.78, 5) is 69.4. The van der Waals surface area contributed by atoms with Gasteiger partial charge in [0, 0.05) is 43.2 Å². The monoisotopic (exact) mass is 929 g/mol. The van der Waals surface area contributed by atoms with Gasteiger partial charge in [-0.05, 0) is 73.0 Å². The molecule has 66 heavy (non-hydrogen) atoms. The van der Waals surface area contributed by atoms with E-state index in [4.69, 9.17) is 29.8 Å². The molecule has 1 aliphatic rings. The van der Waals surface area contributed by atoms with Gasteiger partial charge in [0.1, 0.15) is 31.4 Å². The van der Waals surface area contributed by atoms with Crippen LogP contribution in [0, 0.1) is 30.1 Å². The van der Waals surface area contributed by atoms with Crippen molar-refractivity contribution in [3.05, 3.63) is 84.0 Å². The number of alkyl carbamates (subject to hydrolysis) is 1. The molecule has 7 atom stereocenters. The van der Waals surface area contributed by atoms with Gasteiger partial charge in [0.15, 0.2) is 8.32 Å². The zero-order valence-corrected chi connectivity index (χ0v) is 42.7. The van der Waals surface area contributed by atoms with Crippen LogP contribution in [0.1, 0.15) is 118 Å². The first kappa shape index (κ1) is 55.1. The maximum absolute atomic E-state index is 14.3. The molecule has 0 heterocycles. The molecule has 3 rings (SSSR count). The number of carbonyl (C=O) groups excluding carboxylic acids is 5. The number of unbranched alkanes of at least 4 members (excludes halogenated alkanes) is 1. The average Bonchev–Trinajstić information content (AvgIpc) is 3.60. The second-order valence-electron chi connectivity index (χ2n) is 19.4. The summed E-state index contributed by atoms with van der Waals surface area (Å²) in [6.07, 6.45) is 8.12. The van der Waals surface area contributed by atoms with Crippen LogP contribution < -0.4 is 5.32 Å². The fraction of sp³-hybridized carbons (Fsp3) is 0.566. The predicted molar refractivity (Wildman–Crippen MR) is 262 cm³/mol. The number of amides is 2. The fourth-order valence-corrected chi connectivity index (χ4v) is 8.97. The third-order valence-electron chi connectivity index (χ3n) is 13.3. The zero-order valence-electron chi connectivity index (χ0n) is 41.7. The Kier molecular flexibility index (Phi) is 21.0. The van der Waals surface area contributed by atoms with Crippen LogP contribution in [0.25, 0.3) is 11.1 Å². The average molecular weight is 929 g/mol. The summed E-state index contributed by atoms with van der Waals surface area (Å²) >= 11 is 0. The highest BCUT2D eigenvalue weighted by Crippen LogP contribution is 2.44. The zero-order chi connectivity index (χ0) is 49.5. The normalized spacial score (nSPS) is 15.9. The standard InChI is InChI=1S/C53H76N2O10Si/c1-16-19-20-29-45(65-66(14,15)53(10,11)12)37(8)44(31-30-36(7)49(57)64-47(34(4)5)51(59)61-32-17-2)63-50(58)38(9)55(13)48(56)46(35(6)18-3)54-52(60)62-33-43-41-27-23-21-25-39(41)40-26-22-24-28-42(40)43/h1,17,21-28,30,34-35,37-38,43-47H,2,18-20,29,31-33H2,3-15H3,(H,54,60)/b36-30+/t35?,37-,38-,44-,45+,46-,47+/m0/s1. The van der Waals surface area contributed by atoms with Gasteiger partial charge in [-0.3, -0.25) is 4.79 Å². The molecule has 0 aromatic heterocycles. The van der Waals surface area contributed by atoms with Gasteiger partial charge in [0.2, 0.25) is 12.0 Å². The Balaban J connectivity index is 1.87. The molecule has 2 amide bonds. The summed E-state index contributed by atoms with van der Waals surface area (Å²) in [6, 6.07) is 14.0. The second kappa shape index (κ2) is 25.1. The maximum Gasteiger partial charge on any atom is 0.407 e. The SMILES string of the molecule is C#CCCC[C@@H](O[Si](C)(C)C(C)(C)C)[C@@H](C)[C@H](C/C=C(\C)C(=O)O[C@@H](C(=O)OCC=C)C(C)C)OC(=O)[C@H](C)N(C)C(=O)[C@@H](NC(=O)OCC1c2ccccc2-c2ccccc21)C(C)CC. The Labute approximate surface area is 395 Å². The van der Waals surface area contributed by atoms with Gasteiger partial charge in [-0.15, -0.1) is 12.3 Å². The largest absolute Gasteiger partial charge is 0.460 e. The van der Waals surface area contributed by atoms with E-state index in [1.165, 1.54) is 18.0 Å². The Morgan fingerprint density at radius 2 is 1.50 bits per heavy atom. The third kappa shape index (κ3) is 14.7. The van der Waals surface area contributed by atoms with E-state index in [0.29, 0.717) is 25.7 Å². The molecule has 0 saturated heterocycles. The van der Waals surface area contributed by atoms with Crippen molar-refractivity contribution in [2.24, 2.45) is 17.8 Å². The lowest BCUT2D eigenvalue weighted by atomic mass is 9.91. The van der Waals surface area contributed by atoms with E-state index < -0.39 is 68.4 Å². The number of fused-ring (bicyclic) bond motifs is 3. The molecule has 0 spiro atoms. The molecule has 1 unspecified atom stereocenters. The summed E-state index contributed by atoms with van der Waals surface area (Å²) in [6.45, 7) is 26.8. The Morgan fingerprint density at radius 3 is 2.03 bits per heavy atom. The minimum absolute atomic E-state index is 0.0224. The highest BCUT2D eigenvalue weighted by Gasteiger charge is 2.42. The number of terminal acetylenes is 1. The van der Waals surface area contributed by atoms with Crippen molar-refractivity contribution in [2.45, 2.75) is 156 Å². The molecule has 2 aromatic carbocycles. The van der Waals surface area contributed by atoms with Crippen LogP contribution in [0.4, 0.5) is 4.79 Å². The molecular formula is C53H76N2O10Si. The van der Waals surface area contributed by atoms with Crippen LogP contribution in [-0.2, 0) is 42.6 Å². The third-order valence-corrected chi connectivity index (χ3v) is 17.8. The number of likely N-dealkylation sites (N-methyl/N-ethyl adjacent to an activating group) is 1. The summed E-state index contributed by atoms with van der Waals surface area (Å²) in [5, 5.41) is 2.69. The van der Waals surface area contributed by atoms with Gasteiger partial charge >= 0.3 is 24.0 Å². The first-order chi connectivity index (χ1) is 31.0. The van der Waals surface area contributed by atoms with E-state index in [9.17, 15) is 24.0 Å². The number of ether oxygens (including phenoxy) is 4. The summed E-state index contributed by atoms with van der Waals surface area (Å²) in [5.74, 6) is -1.07. The minimum Gasteiger partial charge on any atom is -0.460 e. The van der Waals surface area contributed by atoms with Crippen molar-refractivity contribution in [1.29, 1.82) is 0 Å². The van der Waals surface area contributed by atoms with Gasteiger partial charge in [0.25, 0.3) is 0 Å². The molecular weight excluding hydrogens is 853 g/mol. The van der Waals surface area contributed by atoms with E-state index in [1.54, 1.807) is 33.8 Å². The van der Waals surface area contributed by atoms with E-state index >= 15 is 0 Å². The number of carbonyl (C=O) groups is 5. The minimum atomic E-state index is -2.36. The van der Waals surface area contributed by atoms with E-state index in [0.717, 1.165) is 22.3 Å². The molecule has 0 fully saturated rings. The second-order valence-corrected chi connectivity index (χ2v) is 24.2. The van der Waals surface area contributed by atoms with E-state index in [2.05, 4.69) is 63.8 Å². The van der Waals surface area contributed by atoms with Crippen molar-refractivity contribution < 1.29 is 47.3 Å². The molecule has 0 bridgehead atoms. The lowest BCUT2D eigenvalue weighted by molar-refractivity contribution is -0.168. The Hall–Kier alpha value is -5.19. The number of nitrogens with one attached hydrogen (secondary N) is 1. The number of benzene rings is 2. The van der Waals surface area contributed by atoms with Crippen LogP contribution in [0.3, 0.4) is 0 Å². The first-order valence-electron chi connectivity index (χ1n) is 23.4. The van der Waals surface area contributed by atoms with Crippen molar-refractivity contribution >= 4 is 38.2 Å². The molecule has 0 aliphatic heterocycles. The smallest absolute Gasteiger partial charge is 0.407 e. The summed E-state index contributed by atoms with van der Waals surface area (Å²) < 4.78 is 29.9. The van der Waals surface area contributed by atoms with Gasteiger partial charge < -0.3 is 33.6 Å². The van der Waals surface area contributed by atoms with Crippen LogP contribution in [-0.4, -0.2) is 93.8 Å². The van der Waals surface area contributed by atoms with Crippen molar-refractivity contribution in [3.8, 4) is 23.5 Å². The number of hydrogen-bond acceptors (Lipinski definition) is 10. The molecule has 1 N–H and O–H groups in total. The molecule has 1 aliphatic carbocycles. The Bertz CT molecular complexity index is 2020. The highest BCUT2D eigenvalue weighted by molar-refractivity contribution is 6.74. The highest BCUT2D eigenvalue weighted by atomic mass is 28.4. The van der Waals surface area contributed by atoms with Crippen molar-refractivity contribution in [3.63, 3.8) is 0 Å². The lowest BCUT2D eigenvalue weighted by Gasteiger charge is -2.42. The van der Waals surface area contributed by atoms with Gasteiger partial charge in [-0.1, -0.05) is 129 Å². The topological polar surface area (TPSA) is 147 Å². The number of hydrogen-bond donors (Lipinski definition) is 1. The van der Waals surface area contributed by atoms with Crippen molar-refractivity contribution in [1.82, 2.24) is 10.2 Å². The fourth-order valence-electron chi connectivity index (χ4n) is 7.53. The maximum atomic E-state index is 14.3. The van der Waals surface area contributed by atoms with Crippen molar-refractivity contribution in [2.75, 3.05) is 20.3 Å². The summed E-state index contributed by atoms with van der Waals surface area (Å²) in [5.41, 5.74) is 4.54. The van der Waals surface area contributed by atoms with Crippen LogP contribution in [0.15, 0.2) is 72.8 Å². The molecule has 0 radical (unpaired) electrons. The van der Waals surface area contributed by atoms with E-state index in [1.807, 2.05) is 57.2 Å². The van der Waals surface area contributed by atoms with Crippen LogP contribution in [0.5, 0.6) is 0 Å². The molecule has 13 heteroatoms. The predicted octanol–water partition coefficient (Wildman–Crippen LogP) is 10.2. The van der Waals surface area contributed by atoms with Gasteiger partial charge in [-0.2, -0.15) is 0 Å². The molecule has 362 valence electrons. The van der Waals surface area contributed by atoms with Crippen LogP contribution >= 0.6 is 0 Å². The van der Waals surface area contributed by atoms with E-state index in [-0.39, 0.29) is 54.1 Å².